The van der Waals surface area contributed by atoms with E-state index >= 15 is 0 Å². The van der Waals surface area contributed by atoms with Crippen LogP contribution in [-0.2, 0) is 6.18 Å². The largest absolute Gasteiger partial charge is 0.419 e. The van der Waals surface area contributed by atoms with E-state index in [1.807, 2.05) is 0 Å². The Morgan fingerprint density at radius 1 is 1.15 bits per heavy atom. The fourth-order valence-electron chi connectivity index (χ4n) is 4.18. The molecule has 2 atom stereocenters. The van der Waals surface area contributed by atoms with Gasteiger partial charge in [0.1, 0.15) is 0 Å². The highest BCUT2D eigenvalue weighted by molar-refractivity contribution is 6.42. The molecular formula is C23H30Cl2F3N5. The molecule has 2 unspecified atom stereocenters. The summed E-state index contributed by atoms with van der Waals surface area (Å²) in [6.07, 6.45) is -0.0995. The molecule has 182 valence electrons. The summed E-state index contributed by atoms with van der Waals surface area (Å²) in [5.41, 5.74) is -0.215. The van der Waals surface area contributed by atoms with Crippen LogP contribution in [0.1, 0.15) is 56.7 Å². The van der Waals surface area contributed by atoms with Gasteiger partial charge in [-0.05, 0) is 63.5 Å². The minimum absolute atomic E-state index is 0.0224. The minimum Gasteiger partial charge on any atom is -0.324 e. The van der Waals surface area contributed by atoms with Crippen LogP contribution in [0.4, 0.5) is 24.8 Å². The van der Waals surface area contributed by atoms with E-state index in [2.05, 4.69) is 39.3 Å². The third kappa shape index (κ3) is 7.18. The Morgan fingerprint density at radius 3 is 2.52 bits per heavy atom. The van der Waals surface area contributed by atoms with Gasteiger partial charge in [-0.3, -0.25) is 0 Å². The van der Waals surface area contributed by atoms with Gasteiger partial charge in [0.05, 0.1) is 21.3 Å². The molecule has 2 N–H and O–H groups in total. The Kier molecular flexibility index (Phi) is 9.21. The van der Waals surface area contributed by atoms with Crippen LogP contribution in [0.5, 0.6) is 0 Å². The zero-order valence-corrected chi connectivity index (χ0v) is 20.4. The van der Waals surface area contributed by atoms with Gasteiger partial charge in [0.2, 0.25) is 5.95 Å². The van der Waals surface area contributed by atoms with Gasteiger partial charge in [-0.15, -0.1) is 0 Å². The number of hydrogen-bond acceptors (Lipinski definition) is 5. The highest BCUT2D eigenvalue weighted by Gasteiger charge is 2.38. The van der Waals surface area contributed by atoms with Gasteiger partial charge in [-0.1, -0.05) is 37.0 Å². The molecule has 1 saturated heterocycles. The van der Waals surface area contributed by atoms with Gasteiger partial charge in [-0.2, -0.15) is 13.2 Å². The van der Waals surface area contributed by atoms with Crippen molar-refractivity contribution in [2.45, 2.75) is 57.7 Å². The summed E-state index contributed by atoms with van der Waals surface area (Å²) in [7, 11) is 0. The highest BCUT2D eigenvalue weighted by Crippen LogP contribution is 2.37. The maximum absolute atomic E-state index is 13.7. The van der Waals surface area contributed by atoms with Crippen LogP contribution in [0.3, 0.4) is 0 Å². The Balaban J connectivity index is 1.69. The first-order chi connectivity index (χ1) is 15.7. The fourth-order valence-corrected chi connectivity index (χ4v) is 4.48. The molecule has 5 nitrogen and oxygen atoms in total. The zero-order valence-electron chi connectivity index (χ0n) is 18.9. The number of rotatable bonds is 9. The van der Waals surface area contributed by atoms with Crippen molar-refractivity contribution in [2.24, 2.45) is 0 Å². The Hall–Kier alpha value is -1.61. The molecule has 1 aliphatic rings. The number of anilines is 2. The molecule has 1 aromatic heterocycles. The summed E-state index contributed by atoms with van der Waals surface area (Å²) in [5, 5.41) is 7.09. The van der Waals surface area contributed by atoms with Crippen molar-refractivity contribution in [3.63, 3.8) is 0 Å². The third-order valence-corrected chi connectivity index (χ3v) is 6.86. The molecule has 0 radical (unpaired) electrons. The molecule has 3 rings (SSSR count). The number of benzene rings is 1. The van der Waals surface area contributed by atoms with E-state index < -0.39 is 11.7 Å². The fraction of sp³-hybridized carbons (Fsp3) is 0.565. The number of piperidine rings is 1. The van der Waals surface area contributed by atoms with Crippen LogP contribution in [0, 0.1) is 0 Å². The van der Waals surface area contributed by atoms with Crippen LogP contribution in [0.25, 0.3) is 0 Å². The minimum atomic E-state index is -4.52. The van der Waals surface area contributed by atoms with Crippen molar-refractivity contribution >= 4 is 34.8 Å². The lowest BCUT2D eigenvalue weighted by molar-refractivity contribution is -0.139. The van der Waals surface area contributed by atoms with Gasteiger partial charge in [-0.25, -0.2) is 9.97 Å². The molecule has 1 fully saturated rings. The standard InChI is InChI=1S/C23H30Cl2F3N5/c1-3-33(4-2)11-5-6-16-8-7-15(13-29-16)21-18(23(26,27)28)14-30-22(32-21)31-17-9-10-19(24)20(25)12-17/h9-10,12,14-16,29H,3-8,11,13H2,1-2H3,(H,30,31,32). The number of alkyl halides is 3. The van der Waals surface area contributed by atoms with Gasteiger partial charge in [0.15, 0.2) is 0 Å². The molecule has 0 spiro atoms. The molecule has 2 aromatic rings. The molecule has 10 heteroatoms. The molecule has 1 aliphatic heterocycles. The zero-order chi connectivity index (χ0) is 24.0. The number of nitrogens with one attached hydrogen (secondary N) is 2. The second-order valence-corrected chi connectivity index (χ2v) is 9.11. The Morgan fingerprint density at radius 2 is 1.91 bits per heavy atom. The molecule has 0 bridgehead atoms. The van der Waals surface area contributed by atoms with Crippen LogP contribution in [-0.4, -0.2) is 47.1 Å². The molecular weight excluding hydrogens is 474 g/mol. The van der Waals surface area contributed by atoms with Crippen LogP contribution in [0.15, 0.2) is 24.4 Å². The summed E-state index contributed by atoms with van der Waals surface area (Å²) >= 11 is 12.0. The number of aromatic nitrogens is 2. The second-order valence-electron chi connectivity index (χ2n) is 8.29. The van der Waals surface area contributed by atoms with Gasteiger partial charge < -0.3 is 15.5 Å². The molecule has 33 heavy (non-hydrogen) atoms. The first-order valence-electron chi connectivity index (χ1n) is 11.3. The van der Waals surface area contributed by atoms with Crippen LogP contribution >= 0.6 is 23.2 Å². The van der Waals surface area contributed by atoms with Crippen molar-refractivity contribution in [3.8, 4) is 0 Å². The molecule has 0 amide bonds. The van der Waals surface area contributed by atoms with E-state index in [-0.39, 0.29) is 17.6 Å². The second kappa shape index (κ2) is 11.7. The number of hydrogen-bond donors (Lipinski definition) is 2. The summed E-state index contributed by atoms with van der Waals surface area (Å²) in [6, 6.07) is 5.17. The van der Waals surface area contributed by atoms with E-state index in [4.69, 9.17) is 23.2 Å². The first kappa shape index (κ1) is 26.0. The lowest BCUT2D eigenvalue weighted by atomic mass is 9.88. The normalized spacial score (nSPS) is 19.2. The van der Waals surface area contributed by atoms with Crippen LogP contribution in [0.2, 0.25) is 10.0 Å². The lowest BCUT2D eigenvalue weighted by Crippen LogP contribution is -2.39. The number of halogens is 5. The summed E-state index contributed by atoms with van der Waals surface area (Å²) < 4.78 is 41.1. The van der Waals surface area contributed by atoms with Gasteiger partial charge >= 0.3 is 6.18 Å². The highest BCUT2D eigenvalue weighted by atomic mass is 35.5. The maximum atomic E-state index is 13.7. The summed E-state index contributed by atoms with van der Waals surface area (Å²) in [6.45, 7) is 7.87. The third-order valence-electron chi connectivity index (χ3n) is 6.12. The predicted octanol–water partition coefficient (Wildman–Crippen LogP) is 6.50. The smallest absolute Gasteiger partial charge is 0.324 e. The molecule has 0 aliphatic carbocycles. The molecule has 2 heterocycles. The monoisotopic (exact) mass is 503 g/mol. The van der Waals surface area contributed by atoms with Crippen molar-refractivity contribution in [1.29, 1.82) is 0 Å². The van der Waals surface area contributed by atoms with Crippen molar-refractivity contribution < 1.29 is 13.2 Å². The first-order valence-corrected chi connectivity index (χ1v) is 12.1. The van der Waals surface area contributed by atoms with E-state index in [1.54, 1.807) is 18.2 Å². The predicted molar refractivity (Wildman–Crippen MR) is 128 cm³/mol. The Labute approximate surface area is 203 Å². The van der Waals surface area contributed by atoms with Crippen molar-refractivity contribution in [1.82, 2.24) is 20.2 Å². The molecule has 0 saturated carbocycles. The van der Waals surface area contributed by atoms with E-state index in [0.717, 1.165) is 45.1 Å². The SMILES string of the molecule is CCN(CC)CCCC1CCC(c2nc(Nc3ccc(Cl)c(Cl)c3)ncc2C(F)(F)F)CN1. The van der Waals surface area contributed by atoms with E-state index in [0.29, 0.717) is 34.7 Å². The van der Waals surface area contributed by atoms with Crippen molar-refractivity contribution in [2.75, 3.05) is 31.5 Å². The van der Waals surface area contributed by atoms with Gasteiger partial charge in [0, 0.05) is 30.4 Å². The quantitative estimate of drug-likeness (QED) is 0.408. The molecule has 1 aromatic carbocycles. The summed E-state index contributed by atoms with van der Waals surface area (Å²) in [5.74, 6) is -0.240. The average molecular weight is 504 g/mol. The number of nitrogens with zero attached hydrogens (tertiary/aromatic N) is 3. The maximum Gasteiger partial charge on any atom is 0.419 e. The lowest BCUT2D eigenvalue weighted by Gasteiger charge is -2.31. The Bertz CT molecular complexity index is 913. The van der Waals surface area contributed by atoms with E-state index in [1.165, 1.54) is 0 Å². The summed E-state index contributed by atoms with van der Waals surface area (Å²) in [4.78, 5) is 10.6. The van der Waals surface area contributed by atoms with E-state index in [9.17, 15) is 13.2 Å². The average Bonchev–Trinajstić information content (AvgIpc) is 2.79. The topological polar surface area (TPSA) is 53.1 Å². The van der Waals surface area contributed by atoms with Gasteiger partial charge in [0.25, 0.3) is 0 Å². The van der Waals surface area contributed by atoms with Crippen molar-refractivity contribution in [3.05, 3.63) is 45.7 Å². The van der Waals surface area contributed by atoms with Crippen LogP contribution < -0.4 is 10.6 Å².